The highest BCUT2D eigenvalue weighted by molar-refractivity contribution is 7.26. The minimum absolute atomic E-state index is 0.626. The van der Waals surface area contributed by atoms with Crippen molar-refractivity contribution in [2.45, 2.75) is 0 Å². The predicted octanol–water partition coefficient (Wildman–Crippen LogP) is 12.9. The number of benzene rings is 7. The van der Waals surface area contributed by atoms with E-state index in [-0.39, 0.29) is 0 Å². The lowest BCUT2D eigenvalue weighted by molar-refractivity contribution is 0.667. The first kappa shape index (κ1) is 32.1. The van der Waals surface area contributed by atoms with Crippen molar-refractivity contribution in [1.82, 2.24) is 24.9 Å². The van der Waals surface area contributed by atoms with Crippen LogP contribution in [0.25, 0.3) is 110 Å². The van der Waals surface area contributed by atoms with Crippen molar-refractivity contribution >= 4 is 53.6 Å². The van der Waals surface area contributed by atoms with Crippen molar-refractivity contribution in [1.29, 1.82) is 0 Å². The zero-order valence-corrected chi connectivity index (χ0v) is 30.6. The second kappa shape index (κ2) is 13.2. The molecule has 0 spiro atoms. The van der Waals surface area contributed by atoms with E-state index < -0.39 is 0 Å². The summed E-state index contributed by atoms with van der Waals surface area (Å²) in [6.45, 7) is 0. The zero-order chi connectivity index (χ0) is 37.0. The van der Waals surface area contributed by atoms with Crippen LogP contribution in [0.3, 0.4) is 0 Å². The van der Waals surface area contributed by atoms with Gasteiger partial charge < -0.3 is 4.42 Å². The third-order valence-corrected chi connectivity index (χ3v) is 11.4. The number of para-hydroxylation sites is 1. The van der Waals surface area contributed by atoms with Crippen LogP contribution in [-0.2, 0) is 0 Å². The van der Waals surface area contributed by atoms with Gasteiger partial charge in [-0.15, -0.1) is 11.3 Å². The molecule has 0 atom stereocenters. The fourth-order valence-electron chi connectivity index (χ4n) is 7.44. The molecule has 0 aliphatic carbocycles. The fraction of sp³-hybridized carbons (Fsp3) is 0. The zero-order valence-electron chi connectivity index (χ0n) is 29.8. The molecule has 0 saturated heterocycles. The van der Waals surface area contributed by atoms with Gasteiger partial charge in [0.1, 0.15) is 16.8 Å². The van der Waals surface area contributed by atoms with Crippen LogP contribution in [0.2, 0.25) is 0 Å². The molecule has 0 aliphatic rings. The quantitative estimate of drug-likeness (QED) is 0.169. The summed E-state index contributed by atoms with van der Waals surface area (Å²) in [6.07, 6.45) is 0. The number of fused-ring (bicyclic) bond motifs is 6. The number of aromatic nitrogens is 5. The van der Waals surface area contributed by atoms with E-state index in [0.717, 1.165) is 81.3 Å². The van der Waals surface area contributed by atoms with Gasteiger partial charge in [0.15, 0.2) is 28.9 Å². The summed E-state index contributed by atoms with van der Waals surface area (Å²) in [7, 11) is 0. The van der Waals surface area contributed by atoms with Gasteiger partial charge >= 0.3 is 0 Å². The molecule has 11 rings (SSSR count). The molecule has 0 radical (unpaired) electrons. The number of rotatable bonds is 6. The van der Waals surface area contributed by atoms with Gasteiger partial charge in [0.05, 0.1) is 0 Å². The molecule has 6 nitrogen and oxygen atoms in total. The lowest BCUT2D eigenvalue weighted by Crippen LogP contribution is -2.00. The molecule has 56 heavy (non-hydrogen) atoms. The van der Waals surface area contributed by atoms with Gasteiger partial charge in [-0.3, -0.25) is 0 Å². The minimum Gasteiger partial charge on any atom is -0.452 e. The lowest BCUT2D eigenvalue weighted by Gasteiger charge is -2.10. The molecule has 0 amide bonds. The molecule has 7 aromatic carbocycles. The summed E-state index contributed by atoms with van der Waals surface area (Å²) in [4.78, 5) is 25.6. The highest BCUT2D eigenvalue weighted by atomic mass is 32.1. The summed E-state index contributed by atoms with van der Waals surface area (Å²) in [5.41, 5.74) is 10.0. The molecule has 262 valence electrons. The number of nitrogens with zero attached hydrogens (tertiary/aromatic N) is 5. The molecule has 0 unspecified atom stereocenters. The maximum atomic E-state index is 6.35. The Balaban J connectivity index is 1.07. The van der Waals surface area contributed by atoms with Crippen LogP contribution in [0.4, 0.5) is 0 Å². The smallest absolute Gasteiger partial charge is 0.180 e. The average molecular weight is 736 g/mol. The topological polar surface area (TPSA) is 77.6 Å². The Labute approximate surface area is 325 Å². The third-order valence-electron chi connectivity index (χ3n) is 10.2. The van der Waals surface area contributed by atoms with Crippen LogP contribution in [0.1, 0.15) is 0 Å². The monoisotopic (exact) mass is 735 g/mol. The van der Waals surface area contributed by atoms with Gasteiger partial charge in [-0.25, -0.2) is 24.9 Å². The van der Waals surface area contributed by atoms with Crippen LogP contribution >= 0.6 is 11.3 Å². The third kappa shape index (κ3) is 5.52. The van der Waals surface area contributed by atoms with E-state index in [1.54, 1.807) is 11.3 Å². The Morgan fingerprint density at radius 3 is 1.77 bits per heavy atom. The summed E-state index contributed by atoms with van der Waals surface area (Å²) < 4.78 is 8.59. The van der Waals surface area contributed by atoms with Crippen LogP contribution in [0.15, 0.2) is 180 Å². The van der Waals surface area contributed by atoms with Crippen LogP contribution in [-0.4, -0.2) is 24.9 Å². The summed E-state index contributed by atoms with van der Waals surface area (Å²) in [5.74, 6) is 2.53. The fourth-order valence-corrected chi connectivity index (χ4v) is 8.69. The Morgan fingerprint density at radius 1 is 0.375 bits per heavy atom. The van der Waals surface area contributed by atoms with Crippen molar-refractivity contribution in [3.05, 3.63) is 176 Å². The van der Waals surface area contributed by atoms with Gasteiger partial charge in [-0.2, -0.15) is 0 Å². The van der Waals surface area contributed by atoms with E-state index in [1.807, 2.05) is 72.8 Å². The molecule has 11 aromatic rings. The number of hydrogen-bond donors (Lipinski definition) is 0. The van der Waals surface area contributed by atoms with E-state index in [9.17, 15) is 0 Å². The highest BCUT2D eigenvalue weighted by Gasteiger charge is 2.20. The van der Waals surface area contributed by atoms with E-state index in [2.05, 4.69) is 103 Å². The molecule has 0 bridgehead atoms. The standard InChI is InChI=1S/C49H29N5OS/c1-4-14-30(15-5-1)33-20-12-21-34(28-33)48-52-46(32-18-8-3-9-19-32)53-49(54-48)39-24-13-23-37-36-27-26-35(29-41(36)56-45(37)39)47-50-42(31-16-6-2-7-17-31)44-43(51-47)38-22-10-11-25-40(38)55-44/h1-29H. The first-order valence-electron chi connectivity index (χ1n) is 18.4. The maximum Gasteiger partial charge on any atom is 0.180 e. The van der Waals surface area contributed by atoms with Gasteiger partial charge in [0.25, 0.3) is 0 Å². The molecule has 0 N–H and O–H groups in total. The number of furan rings is 1. The van der Waals surface area contributed by atoms with Gasteiger partial charge in [-0.05, 0) is 41.5 Å². The van der Waals surface area contributed by atoms with Crippen molar-refractivity contribution in [3.63, 3.8) is 0 Å². The lowest BCUT2D eigenvalue weighted by atomic mass is 10.0. The first-order valence-corrected chi connectivity index (χ1v) is 19.2. The average Bonchev–Trinajstić information content (AvgIpc) is 3.85. The molecular formula is C49H29N5OS. The summed E-state index contributed by atoms with van der Waals surface area (Å²) in [6, 6.07) is 60.0. The van der Waals surface area contributed by atoms with Crippen molar-refractivity contribution in [3.8, 4) is 67.9 Å². The minimum atomic E-state index is 0.626. The van der Waals surface area contributed by atoms with Crippen LogP contribution in [0, 0.1) is 0 Å². The second-order valence-corrected chi connectivity index (χ2v) is 14.7. The Kier molecular flexibility index (Phi) is 7.57. The largest absolute Gasteiger partial charge is 0.452 e. The summed E-state index contributed by atoms with van der Waals surface area (Å²) in [5, 5.41) is 3.27. The van der Waals surface area contributed by atoms with Gasteiger partial charge in [-0.1, -0.05) is 146 Å². The highest BCUT2D eigenvalue weighted by Crippen LogP contribution is 2.42. The Hall–Kier alpha value is -7.35. The van der Waals surface area contributed by atoms with E-state index in [1.165, 1.54) is 0 Å². The van der Waals surface area contributed by atoms with Crippen molar-refractivity contribution < 1.29 is 4.42 Å². The maximum absolute atomic E-state index is 6.35. The molecule has 4 heterocycles. The number of hydrogen-bond acceptors (Lipinski definition) is 7. The SMILES string of the molecule is c1ccc(-c2cccc(-c3nc(-c4ccccc4)nc(-c4cccc5c4sc4cc(-c6nc(-c7ccccc7)c7oc8ccccc8c7n6)ccc45)n3)c2)cc1. The van der Waals surface area contributed by atoms with E-state index in [4.69, 9.17) is 29.3 Å². The normalized spacial score (nSPS) is 11.6. The molecule has 0 fully saturated rings. The van der Waals surface area contributed by atoms with Crippen LogP contribution in [0.5, 0.6) is 0 Å². The summed E-state index contributed by atoms with van der Waals surface area (Å²) >= 11 is 1.73. The molecule has 7 heteroatoms. The molecule has 0 saturated carbocycles. The molecular weight excluding hydrogens is 707 g/mol. The van der Waals surface area contributed by atoms with E-state index in [0.29, 0.717) is 28.9 Å². The molecule has 0 aliphatic heterocycles. The second-order valence-electron chi connectivity index (χ2n) is 13.7. The first-order chi connectivity index (χ1) is 27.7. The van der Waals surface area contributed by atoms with Crippen molar-refractivity contribution in [2.24, 2.45) is 0 Å². The molecule has 4 aromatic heterocycles. The van der Waals surface area contributed by atoms with E-state index >= 15 is 0 Å². The Bertz CT molecular complexity index is 3250. The van der Waals surface area contributed by atoms with Crippen LogP contribution < -0.4 is 0 Å². The van der Waals surface area contributed by atoms with Crippen molar-refractivity contribution in [2.75, 3.05) is 0 Å². The Morgan fingerprint density at radius 2 is 0.964 bits per heavy atom. The number of thiophene rings is 1. The van der Waals surface area contributed by atoms with Gasteiger partial charge in [0, 0.05) is 53.4 Å². The predicted molar refractivity (Wildman–Crippen MR) is 228 cm³/mol. The van der Waals surface area contributed by atoms with Gasteiger partial charge in [0.2, 0.25) is 0 Å².